The lowest BCUT2D eigenvalue weighted by molar-refractivity contribution is -0.0707. The van der Waals surface area contributed by atoms with E-state index in [4.69, 9.17) is 4.74 Å². The number of sulfone groups is 1. The maximum Gasteiger partial charge on any atom is 0.257 e. The molecule has 0 radical (unpaired) electrons. The summed E-state index contributed by atoms with van der Waals surface area (Å²) in [6.45, 7) is 6.57. The number of hydrogen-bond donors (Lipinski definition) is 1. The van der Waals surface area contributed by atoms with Gasteiger partial charge < -0.3 is 4.74 Å². The van der Waals surface area contributed by atoms with Crippen LogP contribution in [-0.4, -0.2) is 49.5 Å². The zero-order chi connectivity index (χ0) is 23.4. The number of carbonyl (C=O) groups is 1. The molecule has 1 amide bonds. The summed E-state index contributed by atoms with van der Waals surface area (Å²) >= 11 is 1.39. The van der Waals surface area contributed by atoms with Crippen LogP contribution < -0.4 is 5.32 Å². The Morgan fingerprint density at radius 3 is 2.42 bits per heavy atom. The predicted octanol–water partition coefficient (Wildman–Crippen LogP) is 3.98. The first-order valence-corrected chi connectivity index (χ1v) is 13.3. The van der Waals surface area contributed by atoms with E-state index in [0.717, 1.165) is 25.3 Å². The molecule has 1 aromatic heterocycles. The molecule has 7 nitrogen and oxygen atoms in total. The van der Waals surface area contributed by atoms with Crippen LogP contribution in [-0.2, 0) is 26.9 Å². The Balaban J connectivity index is 1.35. The molecule has 2 heterocycles. The van der Waals surface area contributed by atoms with Crippen LogP contribution in [0.2, 0.25) is 0 Å². The van der Waals surface area contributed by atoms with Crippen molar-refractivity contribution >= 4 is 32.2 Å². The SMILES string of the molecule is CC1CN(Cc2csc(NC(=O)c3ccc(CS(=O)(=O)c4ccccc4)cc3)n2)CC(C)O1. The van der Waals surface area contributed by atoms with Crippen molar-refractivity contribution in [3.8, 4) is 0 Å². The van der Waals surface area contributed by atoms with Crippen LogP contribution in [0.4, 0.5) is 5.13 Å². The number of nitrogens with one attached hydrogen (secondary N) is 1. The molecule has 2 unspecified atom stereocenters. The van der Waals surface area contributed by atoms with Crippen molar-refractivity contribution in [2.24, 2.45) is 0 Å². The van der Waals surface area contributed by atoms with Crippen molar-refractivity contribution in [1.29, 1.82) is 0 Å². The monoisotopic (exact) mass is 485 g/mol. The van der Waals surface area contributed by atoms with Gasteiger partial charge in [0.2, 0.25) is 0 Å². The van der Waals surface area contributed by atoms with Gasteiger partial charge in [-0.15, -0.1) is 11.3 Å². The van der Waals surface area contributed by atoms with Gasteiger partial charge in [-0.25, -0.2) is 13.4 Å². The van der Waals surface area contributed by atoms with Crippen LogP contribution in [0.1, 0.15) is 35.5 Å². The number of hydrogen-bond acceptors (Lipinski definition) is 7. The number of ether oxygens (including phenoxy) is 1. The molecule has 0 saturated carbocycles. The third-order valence-electron chi connectivity index (χ3n) is 5.33. The first-order valence-electron chi connectivity index (χ1n) is 10.8. The molecule has 2 atom stereocenters. The van der Waals surface area contributed by atoms with E-state index in [0.29, 0.717) is 16.3 Å². The van der Waals surface area contributed by atoms with E-state index in [1.807, 2.05) is 5.38 Å². The Morgan fingerprint density at radius 1 is 1.09 bits per heavy atom. The van der Waals surface area contributed by atoms with E-state index >= 15 is 0 Å². The van der Waals surface area contributed by atoms with Gasteiger partial charge in [0.05, 0.1) is 28.6 Å². The van der Waals surface area contributed by atoms with Crippen molar-refractivity contribution in [3.63, 3.8) is 0 Å². The van der Waals surface area contributed by atoms with Gasteiger partial charge >= 0.3 is 0 Å². The normalized spacial score (nSPS) is 19.3. The molecule has 174 valence electrons. The maximum atomic E-state index is 12.6. The second-order valence-corrected chi connectivity index (χ2v) is 11.2. The Kier molecular flexibility index (Phi) is 7.23. The molecule has 1 saturated heterocycles. The summed E-state index contributed by atoms with van der Waals surface area (Å²) in [5.74, 6) is -0.393. The number of aromatic nitrogens is 1. The summed E-state index contributed by atoms with van der Waals surface area (Å²) < 4.78 is 30.9. The zero-order valence-electron chi connectivity index (χ0n) is 18.6. The lowest BCUT2D eigenvalue weighted by Crippen LogP contribution is -2.44. The predicted molar refractivity (Wildman–Crippen MR) is 129 cm³/mol. The van der Waals surface area contributed by atoms with E-state index in [1.54, 1.807) is 54.6 Å². The van der Waals surface area contributed by atoms with Crippen molar-refractivity contribution in [2.45, 2.75) is 43.2 Å². The second kappa shape index (κ2) is 10.1. The number of thiazole rings is 1. The van der Waals surface area contributed by atoms with Crippen LogP contribution >= 0.6 is 11.3 Å². The number of morpholine rings is 1. The number of anilines is 1. The van der Waals surface area contributed by atoms with Gasteiger partial charge in [0.1, 0.15) is 0 Å². The number of benzene rings is 2. The van der Waals surface area contributed by atoms with Crippen molar-refractivity contribution in [2.75, 3.05) is 18.4 Å². The number of nitrogens with zero attached hydrogens (tertiary/aromatic N) is 2. The van der Waals surface area contributed by atoms with Gasteiger partial charge in [-0.1, -0.05) is 30.3 Å². The largest absolute Gasteiger partial charge is 0.373 e. The van der Waals surface area contributed by atoms with Crippen LogP contribution in [0.3, 0.4) is 0 Å². The number of rotatable bonds is 7. The summed E-state index contributed by atoms with van der Waals surface area (Å²) in [5.41, 5.74) is 1.99. The molecule has 0 spiro atoms. The molecule has 1 fully saturated rings. The minimum Gasteiger partial charge on any atom is -0.373 e. The van der Waals surface area contributed by atoms with Crippen LogP contribution in [0.25, 0.3) is 0 Å². The van der Waals surface area contributed by atoms with Crippen LogP contribution in [0.5, 0.6) is 0 Å². The average molecular weight is 486 g/mol. The molecule has 3 aromatic rings. The topological polar surface area (TPSA) is 88.6 Å². The van der Waals surface area contributed by atoms with Gasteiger partial charge in [0.25, 0.3) is 5.91 Å². The van der Waals surface area contributed by atoms with E-state index in [1.165, 1.54) is 11.3 Å². The third-order valence-corrected chi connectivity index (χ3v) is 7.84. The van der Waals surface area contributed by atoms with E-state index in [-0.39, 0.29) is 28.8 Å². The third kappa shape index (κ3) is 6.26. The van der Waals surface area contributed by atoms with Gasteiger partial charge in [0, 0.05) is 30.6 Å². The quantitative estimate of drug-likeness (QED) is 0.545. The fourth-order valence-corrected chi connectivity index (χ4v) is 6.00. The summed E-state index contributed by atoms with van der Waals surface area (Å²) in [7, 11) is -3.43. The molecule has 33 heavy (non-hydrogen) atoms. The highest BCUT2D eigenvalue weighted by molar-refractivity contribution is 7.90. The molecule has 0 aliphatic carbocycles. The smallest absolute Gasteiger partial charge is 0.257 e. The van der Waals surface area contributed by atoms with Crippen molar-refractivity contribution in [1.82, 2.24) is 9.88 Å². The fraction of sp³-hybridized carbons (Fsp3) is 0.333. The highest BCUT2D eigenvalue weighted by Gasteiger charge is 2.23. The average Bonchev–Trinajstić information content (AvgIpc) is 3.20. The summed E-state index contributed by atoms with van der Waals surface area (Å²) in [5, 5.41) is 5.33. The summed E-state index contributed by atoms with van der Waals surface area (Å²) in [4.78, 5) is 19.8. The zero-order valence-corrected chi connectivity index (χ0v) is 20.2. The molecule has 1 aliphatic heterocycles. The summed E-state index contributed by atoms with van der Waals surface area (Å²) in [6.07, 6.45) is 0.384. The molecule has 9 heteroatoms. The molecule has 2 aromatic carbocycles. The molecule has 1 N–H and O–H groups in total. The molecule has 4 rings (SSSR count). The highest BCUT2D eigenvalue weighted by atomic mass is 32.2. The first-order chi connectivity index (χ1) is 15.8. The lowest BCUT2D eigenvalue weighted by Gasteiger charge is -2.34. The Morgan fingerprint density at radius 2 is 1.76 bits per heavy atom. The number of amides is 1. The van der Waals surface area contributed by atoms with Crippen LogP contribution in [0.15, 0.2) is 64.9 Å². The number of carbonyl (C=O) groups excluding carboxylic acids is 1. The van der Waals surface area contributed by atoms with Gasteiger partial charge in [0.15, 0.2) is 15.0 Å². The lowest BCUT2D eigenvalue weighted by atomic mass is 10.1. The minimum absolute atomic E-state index is 0.118. The van der Waals surface area contributed by atoms with Crippen LogP contribution in [0, 0.1) is 0 Å². The fourth-order valence-electron chi connectivity index (χ4n) is 3.93. The van der Waals surface area contributed by atoms with Gasteiger partial charge in [-0.2, -0.15) is 0 Å². The Bertz CT molecular complexity index is 1180. The Labute approximate surface area is 198 Å². The highest BCUT2D eigenvalue weighted by Crippen LogP contribution is 2.21. The standard InChI is InChI=1S/C24H27N3O4S2/c1-17-12-27(13-18(2)31-17)14-21-15-32-24(25-21)26-23(28)20-10-8-19(9-11-20)16-33(29,30)22-6-4-3-5-7-22/h3-11,15,17-18H,12-14,16H2,1-2H3,(H,25,26,28). The van der Waals surface area contributed by atoms with E-state index in [9.17, 15) is 13.2 Å². The summed E-state index contributed by atoms with van der Waals surface area (Å²) in [6, 6.07) is 15.0. The Hall–Kier alpha value is -2.59. The van der Waals surface area contributed by atoms with Gasteiger partial charge in [-0.05, 0) is 43.7 Å². The van der Waals surface area contributed by atoms with E-state index < -0.39 is 9.84 Å². The van der Waals surface area contributed by atoms with Crippen molar-refractivity contribution in [3.05, 3.63) is 76.8 Å². The maximum absolute atomic E-state index is 12.6. The first kappa shape index (κ1) is 23.6. The molecular formula is C24H27N3O4S2. The minimum atomic E-state index is -3.43. The molecule has 0 bridgehead atoms. The van der Waals surface area contributed by atoms with E-state index in [2.05, 4.69) is 29.0 Å². The van der Waals surface area contributed by atoms with Crippen molar-refractivity contribution < 1.29 is 17.9 Å². The molecular weight excluding hydrogens is 458 g/mol. The van der Waals surface area contributed by atoms with Gasteiger partial charge in [-0.3, -0.25) is 15.0 Å². The second-order valence-electron chi connectivity index (χ2n) is 8.32. The molecule has 1 aliphatic rings.